The molecule has 0 heterocycles. The molecule has 6 nitrogen and oxygen atoms in total. The third kappa shape index (κ3) is 5.86. The van der Waals surface area contributed by atoms with Gasteiger partial charge >= 0.3 is 12.0 Å². The van der Waals surface area contributed by atoms with Crippen LogP contribution >= 0.6 is 0 Å². The number of likely N-dealkylation sites (N-methyl/N-ethyl adjacent to an activating group) is 1. The van der Waals surface area contributed by atoms with E-state index in [0.717, 1.165) is 0 Å². The van der Waals surface area contributed by atoms with Crippen LogP contribution in [0.1, 0.15) is 34.6 Å². The zero-order valence-corrected chi connectivity index (χ0v) is 11.9. The average molecular weight is 260 g/mol. The Morgan fingerprint density at radius 3 is 1.94 bits per heavy atom. The van der Waals surface area contributed by atoms with Gasteiger partial charge in [-0.15, -0.1) is 0 Å². The van der Waals surface area contributed by atoms with Gasteiger partial charge in [0.05, 0.1) is 12.1 Å². The average Bonchev–Trinajstić information content (AvgIpc) is 2.08. The molecule has 0 aromatic heterocycles. The van der Waals surface area contributed by atoms with E-state index in [-0.39, 0.29) is 6.54 Å². The molecule has 0 spiro atoms. The van der Waals surface area contributed by atoms with E-state index in [4.69, 9.17) is 5.11 Å². The Bertz CT molecular complexity index is 315. The summed E-state index contributed by atoms with van der Waals surface area (Å²) in [5.41, 5.74) is -1.61. The predicted octanol–water partition coefficient (Wildman–Crippen LogP) is 0.898. The van der Waals surface area contributed by atoms with Crippen LogP contribution < -0.4 is 5.32 Å². The lowest BCUT2D eigenvalue weighted by molar-refractivity contribution is -0.142. The topological polar surface area (TPSA) is 89.9 Å². The maximum Gasteiger partial charge on any atom is 0.326 e. The van der Waals surface area contributed by atoms with Crippen molar-refractivity contribution in [1.82, 2.24) is 10.2 Å². The molecule has 0 aromatic rings. The standard InChI is InChI=1S/C12H24N2O4/c1-11(2,3)8(9(15)16)13-10(17)14(6)7-12(4,5)18/h8,18H,7H2,1-6H3,(H,13,17)(H,15,16). The molecule has 0 saturated carbocycles. The Kier molecular flexibility index (Phi) is 5.16. The summed E-state index contributed by atoms with van der Waals surface area (Å²) in [7, 11) is 1.51. The lowest BCUT2D eigenvalue weighted by atomic mass is 9.87. The lowest BCUT2D eigenvalue weighted by Gasteiger charge is -2.31. The molecular formula is C12H24N2O4. The van der Waals surface area contributed by atoms with Crippen molar-refractivity contribution in [2.45, 2.75) is 46.3 Å². The Morgan fingerprint density at radius 1 is 1.22 bits per heavy atom. The highest BCUT2D eigenvalue weighted by atomic mass is 16.4. The molecule has 18 heavy (non-hydrogen) atoms. The number of amides is 2. The van der Waals surface area contributed by atoms with Gasteiger partial charge < -0.3 is 20.4 Å². The van der Waals surface area contributed by atoms with Crippen LogP contribution in [-0.4, -0.2) is 52.3 Å². The van der Waals surface area contributed by atoms with E-state index >= 15 is 0 Å². The maximum atomic E-state index is 11.8. The number of urea groups is 1. The van der Waals surface area contributed by atoms with Gasteiger partial charge in [0.1, 0.15) is 6.04 Å². The highest BCUT2D eigenvalue weighted by molar-refractivity contribution is 5.83. The van der Waals surface area contributed by atoms with E-state index in [0.29, 0.717) is 0 Å². The van der Waals surface area contributed by atoms with Gasteiger partial charge in [0.2, 0.25) is 0 Å². The molecule has 3 N–H and O–H groups in total. The van der Waals surface area contributed by atoms with Crippen molar-refractivity contribution in [3.05, 3.63) is 0 Å². The third-order valence-corrected chi connectivity index (χ3v) is 2.35. The summed E-state index contributed by atoms with van der Waals surface area (Å²) in [6, 6.07) is -1.49. The van der Waals surface area contributed by atoms with Gasteiger partial charge in [-0.3, -0.25) is 0 Å². The van der Waals surface area contributed by atoms with Crippen LogP contribution in [0.3, 0.4) is 0 Å². The molecule has 0 aromatic carbocycles. The second-order valence-corrected chi connectivity index (χ2v) is 6.26. The summed E-state index contributed by atoms with van der Waals surface area (Å²) in [5, 5.41) is 21.1. The largest absolute Gasteiger partial charge is 0.480 e. The van der Waals surface area contributed by atoms with E-state index in [1.165, 1.54) is 11.9 Å². The van der Waals surface area contributed by atoms with E-state index in [9.17, 15) is 14.7 Å². The zero-order valence-electron chi connectivity index (χ0n) is 11.9. The summed E-state index contributed by atoms with van der Waals surface area (Å²) < 4.78 is 0. The molecule has 106 valence electrons. The second-order valence-electron chi connectivity index (χ2n) is 6.26. The predicted molar refractivity (Wildman–Crippen MR) is 68.3 cm³/mol. The summed E-state index contributed by atoms with van der Waals surface area (Å²) in [5.74, 6) is -1.08. The van der Waals surface area contributed by atoms with Gasteiger partial charge in [-0.2, -0.15) is 0 Å². The van der Waals surface area contributed by atoms with Gasteiger partial charge in [-0.1, -0.05) is 20.8 Å². The fourth-order valence-electron chi connectivity index (χ4n) is 1.53. The molecule has 6 heteroatoms. The van der Waals surface area contributed by atoms with E-state index in [1.54, 1.807) is 34.6 Å². The van der Waals surface area contributed by atoms with Crippen LogP contribution in [0.4, 0.5) is 4.79 Å². The molecule has 0 fully saturated rings. The van der Waals surface area contributed by atoms with E-state index in [2.05, 4.69) is 5.32 Å². The summed E-state index contributed by atoms with van der Waals surface area (Å²) in [6.45, 7) is 8.49. The quantitative estimate of drug-likeness (QED) is 0.700. The van der Waals surface area contributed by atoms with Crippen LogP contribution in [-0.2, 0) is 4.79 Å². The van der Waals surface area contributed by atoms with Crippen molar-refractivity contribution in [3.8, 4) is 0 Å². The molecule has 0 radical (unpaired) electrons. The minimum atomic E-state index is -1.08. The molecular weight excluding hydrogens is 236 g/mol. The normalized spacial score (nSPS) is 13.9. The Hall–Kier alpha value is -1.30. The number of rotatable bonds is 4. The number of nitrogens with zero attached hydrogens (tertiary/aromatic N) is 1. The van der Waals surface area contributed by atoms with Gasteiger partial charge in [0.25, 0.3) is 0 Å². The number of hydrogen-bond donors (Lipinski definition) is 3. The molecule has 0 saturated heterocycles. The number of nitrogens with one attached hydrogen (secondary N) is 1. The minimum Gasteiger partial charge on any atom is -0.480 e. The number of hydrogen-bond acceptors (Lipinski definition) is 3. The first kappa shape index (κ1) is 16.7. The smallest absolute Gasteiger partial charge is 0.326 e. The van der Waals surface area contributed by atoms with Crippen molar-refractivity contribution in [2.24, 2.45) is 5.41 Å². The van der Waals surface area contributed by atoms with E-state index in [1.807, 2.05) is 0 Å². The SMILES string of the molecule is CN(CC(C)(C)O)C(=O)NC(C(=O)O)C(C)(C)C. The minimum absolute atomic E-state index is 0.120. The number of carboxylic acids is 1. The lowest BCUT2D eigenvalue weighted by Crippen LogP contribution is -2.54. The summed E-state index contributed by atoms with van der Waals surface area (Å²) in [4.78, 5) is 24.2. The van der Waals surface area contributed by atoms with Crippen LogP contribution in [0.15, 0.2) is 0 Å². The molecule has 1 atom stereocenters. The molecule has 2 amide bonds. The van der Waals surface area contributed by atoms with Crippen molar-refractivity contribution in [1.29, 1.82) is 0 Å². The zero-order chi connectivity index (χ0) is 14.7. The molecule has 0 aliphatic heterocycles. The van der Waals surface area contributed by atoms with Gasteiger partial charge in [0.15, 0.2) is 0 Å². The number of carbonyl (C=O) groups excluding carboxylic acids is 1. The monoisotopic (exact) mass is 260 g/mol. The van der Waals surface area contributed by atoms with Crippen molar-refractivity contribution >= 4 is 12.0 Å². The number of carbonyl (C=O) groups is 2. The molecule has 1 unspecified atom stereocenters. The first-order valence-corrected chi connectivity index (χ1v) is 5.81. The van der Waals surface area contributed by atoms with Gasteiger partial charge in [0, 0.05) is 7.05 Å². The first-order chi connectivity index (χ1) is 7.84. The fraction of sp³-hybridized carbons (Fsp3) is 0.833. The van der Waals surface area contributed by atoms with Crippen molar-refractivity contribution < 1.29 is 19.8 Å². The van der Waals surface area contributed by atoms with Crippen LogP contribution in [0.25, 0.3) is 0 Å². The van der Waals surface area contributed by atoms with E-state index < -0.39 is 29.1 Å². The van der Waals surface area contributed by atoms with Crippen molar-refractivity contribution in [3.63, 3.8) is 0 Å². The van der Waals surface area contributed by atoms with Gasteiger partial charge in [-0.05, 0) is 19.3 Å². The van der Waals surface area contributed by atoms with Crippen LogP contribution in [0.5, 0.6) is 0 Å². The molecule has 0 rings (SSSR count). The van der Waals surface area contributed by atoms with Crippen LogP contribution in [0, 0.1) is 5.41 Å². The second kappa shape index (κ2) is 5.56. The third-order valence-electron chi connectivity index (χ3n) is 2.35. The molecule has 0 bridgehead atoms. The highest BCUT2D eigenvalue weighted by Gasteiger charge is 2.33. The summed E-state index contributed by atoms with van der Waals surface area (Å²) >= 11 is 0. The van der Waals surface area contributed by atoms with Gasteiger partial charge in [-0.25, -0.2) is 9.59 Å². The number of aliphatic carboxylic acids is 1. The molecule has 0 aliphatic carbocycles. The molecule has 0 aliphatic rings. The number of carboxylic acid groups (broad SMARTS) is 1. The number of aliphatic hydroxyl groups is 1. The van der Waals surface area contributed by atoms with Crippen molar-refractivity contribution in [2.75, 3.05) is 13.6 Å². The fourth-order valence-corrected chi connectivity index (χ4v) is 1.53. The summed E-state index contributed by atoms with van der Waals surface area (Å²) in [6.07, 6.45) is 0. The van der Waals surface area contributed by atoms with Crippen LogP contribution in [0.2, 0.25) is 0 Å². The Labute approximate surface area is 108 Å². The first-order valence-electron chi connectivity index (χ1n) is 5.81. The Morgan fingerprint density at radius 2 is 1.67 bits per heavy atom. The highest BCUT2D eigenvalue weighted by Crippen LogP contribution is 2.19. The maximum absolute atomic E-state index is 11.8. The Balaban J connectivity index is 4.67.